The Bertz CT molecular complexity index is 1190. The number of hydrazine groups is 1. The molecule has 4 amide bonds. The lowest BCUT2D eigenvalue weighted by Gasteiger charge is -2.48. The van der Waals surface area contributed by atoms with E-state index >= 15 is 0 Å². The second-order valence-corrected chi connectivity index (χ2v) is 9.45. The molecular formula is C26H30FN5O5. The number of amides is 4. The predicted molar refractivity (Wildman–Crippen MR) is 132 cm³/mol. The van der Waals surface area contributed by atoms with Gasteiger partial charge in [0.1, 0.15) is 12.4 Å². The molecule has 3 fully saturated rings. The van der Waals surface area contributed by atoms with Crippen molar-refractivity contribution in [3.05, 3.63) is 53.8 Å². The lowest BCUT2D eigenvalue weighted by molar-refractivity contribution is -0.157. The zero-order valence-electron chi connectivity index (χ0n) is 20.8. The third-order valence-electron chi connectivity index (χ3n) is 7.20. The fourth-order valence-corrected chi connectivity index (χ4v) is 5.43. The van der Waals surface area contributed by atoms with Crippen LogP contribution < -0.4 is 20.2 Å². The summed E-state index contributed by atoms with van der Waals surface area (Å²) in [4.78, 5) is 43.2. The van der Waals surface area contributed by atoms with E-state index in [0.717, 1.165) is 24.8 Å². The van der Waals surface area contributed by atoms with E-state index in [2.05, 4.69) is 10.7 Å². The SMILES string of the molecule is COc1ccc(NC(=O)CN2NC3N(Cc4ccc(F)cc4)C(=O)C4CCCCC4N3C2=O)cc1OC. The summed E-state index contributed by atoms with van der Waals surface area (Å²) in [5.74, 6) is -0.107. The first-order chi connectivity index (χ1) is 17.9. The molecule has 10 nitrogen and oxygen atoms in total. The Labute approximate surface area is 214 Å². The van der Waals surface area contributed by atoms with Gasteiger partial charge in [-0.05, 0) is 42.7 Å². The van der Waals surface area contributed by atoms with Crippen LogP contribution in [0.2, 0.25) is 0 Å². The molecule has 0 aromatic heterocycles. The number of methoxy groups -OCH3 is 2. The summed E-state index contributed by atoms with van der Waals surface area (Å²) < 4.78 is 23.9. The number of benzene rings is 2. The molecule has 1 aliphatic carbocycles. The Kier molecular flexibility index (Phi) is 6.88. The maximum absolute atomic E-state index is 13.5. The van der Waals surface area contributed by atoms with Crippen LogP contribution in [0.3, 0.4) is 0 Å². The Morgan fingerprint density at radius 2 is 1.78 bits per heavy atom. The largest absolute Gasteiger partial charge is 0.493 e. The maximum Gasteiger partial charge on any atom is 0.337 e. The molecule has 0 bridgehead atoms. The topological polar surface area (TPSA) is 103 Å². The lowest BCUT2D eigenvalue weighted by Crippen LogP contribution is -2.65. The van der Waals surface area contributed by atoms with Crippen LogP contribution in [0.5, 0.6) is 11.5 Å². The smallest absolute Gasteiger partial charge is 0.337 e. The average molecular weight is 512 g/mol. The number of carbonyl (C=O) groups is 3. The van der Waals surface area contributed by atoms with Gasteiger partial charge in [-0.3, -0.25) is 14.5 Å². The van der Waals surface area contributed by atoms with Gasteiger partial charge in [0.25, 0.3) is 0 Å². The highest BCUT2D eigenvalue weighted by Gasteiger charge is 2.54. The van der Waals surface area contributed by atoms with Crippen LogP contribution in [0, 0.1) is 11.7 Å². The minimum atomic E-state index is -0.724. The van der Waals surface area contributed by atoms with E-state index in [0.29, 0.717) is 23.6 Å². The summed E-state index contributed by atoms with van der Waals surface area (Å²) in [6, 6.07) is 10.4. The molecule has 11 heteroatoms. The number of nitrogens with one attached hydrogen (secondary N) is 2. The number of urea groups is 1. The lowest BCUT2D eigenvalue weighted by atomic mass is 9.81. The molecule has 5 rings (SSSR count). The number of ether oxygens (including phenoxy) is 2. The van der Waals surface area contributed by atoms with Crippen molar-refractivity contribution in [1.82, 2.24) is 20.2 Å². The van der Waals surface area contributed by atoms with E-state index in [1.165, 1.54) is 31.4 Å². The van der Waals surface area contributed by atoms with Crippen molar-refractivity contribution in [2.24, 2.45) is 5.92 Å². The van der Waals surface area contributed by atoms with Crippen molar-refractivity contribution in [3.8, 4) is 11.5 Å². The highest BCUT2D eigenvalue weighted by Crippen LogP contribution is 2.38. The van der Waals surface area contributed by atoms with Crippen LogP contribution in [0.1, 0.15) is 31.2 Å². The Hall–Kier alpha value is -3.86. The van der Waals surface area contributed by atoms with E-state index in [4.69, 9.17) is 9.47 Å². The minimum Gasteiger partial charge on any atom is -0.493 e. The summed E-state index contributed by atoms with van der Waals surface area (Å²) in [6.45, 7) is -0.0361. The molecule has 0 spiro atoms. The second kappa shape index (κ2) is 10.3. The van der Waals surface area contributed by atoms with Crippen LogP contribution >= 0.6 is 0 Å². The molecule has 0 radical (unpaired) electrons. The fraction of sp³-hybridized carbons (Fsp3) is 0.423. The molecule has 2 heterocycles. The van der Waals surface area contributed by atoms with Crippen LogP contribution in [0.4, 0.5) is 14.9 Å². The molecule has 2 saturated heterocycles. The summed E-state index contributed by atoms with van der Waals surface area (Å²) >= 11 is 0. The number of rotatable bonds is 7. The van der Waals surface area contributed by atoms with Crippen molar-refractivity contribution in [2.45, 2.75) is 44.6 Å². The van der Waals surface area contributed by atoms with E-state index in [9.17, 15) is 18.8 Å². The van der Waals surface area contributed by atoms with Crippen molar-refractivity contribution < 1.29 is 28.2 Å². The average Bonchev–Trinajstić information content (AvgIpc) is 3.22. The van der Waals surface area contributed by atoms with Gasteiger partial charge in [-0.1, -0.05) is 25.0 Å². The summed E-state index contributed by atoms with van der Waals surface area (Å²) in [6.07, 6.45) is 2.58. The van der Waals surface area contributed by atoms with E-state index in [-0.39, 0.29) is 42.8 Å². The van der Waals surface area contributed by atoms with E-state index in [1.807, 2.05) is 0 Å². The van der Waals surface area contributed by atoms with Crippen LogP contribution in [0.15, 0.2) is 42.5 Å². The summed E-state index contributed by atoms with van der Waals surface area (Å²) in [5, 5.41) is 4.03. The van der Waals surface area contributed by atoms with Crippen molar-refractivity contribution >= 4 is 23.5 Å². The van der Waals surface area contributed by atoms with E-state index < -0.39 is 12.2 Å². The zero-order valence-corrected chi connectivity index (χ0v) is 20.8. The second-order valence-electron chi connectivity index (χ2n) is 9.45. The molecule has 3 aliphatic rings. The molecule has 37 heavy (non-hydrogen) atoms. The summed E-state index contributed by atoms with van der Waals surface area (Å²) in [7, 11) is 3.03. The molecule has 3 unspecified atom stereocenters. The van der Waals surface area contributed by atoms with E-state index in [1.54, 1.807) is 40.1 Å². The Morgan fingerprint density at radius 1 is 1.05 bits per heavy atom. The fourth-order valence-electron chi connectivity index (χ4n) is 5.43. The van der Waals surface area contributed by atoms with Gasteiger partial charge in [0, 0.05) is 24.3 Å². The first-order valence-electron chi connectivity index (χ1n) is 12.3. The molecule has 2 aliphatic heterocycles. The van der Waals surface area contributed by atoms with Gasteiger partial charge in [-0.25, -0.2) is 14.2 Å². The third kappa shape index (κ3) is 4.78. The Morgan fingerprint density at radius 3 is 2.51 bits per heavy atom. The molecule has 2 N–H and O–H groups in total. The molecular weight excluding hydrogens is 481 g/mol. The van der Waals surface area contributed by atoms with Crippen LogP contribution in [-0.2, 0) is 16.1 Å². The van der Waals surface area contributed by atoms with Gasteiger partial charge in [0.05, 0.1) is 20.1 Å². The van der Waals surface area contributed by atoms with Crippen LogP contribution in [0.25, 0.3) is 0 Å². The summed E-state index contributed by atoms with van der Waals surface area (Å²) in [5.41, 5.74) is 4.33. The quantitative estimate of drug-likeness (QED) is 0.593. The monoisotopic (exact) mass is 511 g/mol. The standard InChI is InChI=1S/C26H30FN5O5/c1-36-21-12-11-18(13-22(21)37-2)28-23(33)15-31-26(35)32-20-6-4-3-5-19(20)24(34)30(25(32)29-31)14-16-7-9-17(27)10-8-16/h7-13,19-20,25,29H,3-6,14-15H2,1-2H3,(H,28,33). The number of hydrogen-bond donors (Lipinski definition) is 2. The zero-order chi connectivity index (χ0) is 26.1. The first kappa shape index (κ1) is 24.8. The van der Waals surface area contributed by atoms with Gasteiger partial charge >= 0.3 is 6.03 Å². The van der Waals surface area contributed by atoms with Gasteiger partial charge in [0.15, 0.2) is 17.8 Å². The van der Waals surface area contributed by atoms with Crippen molar-refractivity contribution in [3.63, 3.8) is 0 Å². The van der Waals surface area contributed by atoms with Gasteiger partial charge in [0.2, 0.25) is 11.8 Å². The van der Waals surface area contributed by atoms with Crippen molar-refractivity contribution in [2.75, 3.05) is 26.1 Å². The van der Waals surface area contributed by atoms with Gasteiger partial charge < -0.3 is 19.7 Å². The van der Waals surface area contributed by atoms with Gasteiger partial charge in [-0.2, -0.15) is 5.43 Å². The molecule has 1 saturated carbocycles. The minimum absolute atomic E-state index is 0.0350. The number of hydrogen-bond acceptors (Lipinski definition) is 6. The molecule has 2 aromatic carbocycles. The number of anilines is 1. The normalized spacial score (nSPS) is 23.0. The highest BCUT2D eigenvalue weighted by molar-refractivity contribution is 5.95. The van der Waals surface area contributed by atoms with Gasteiger partial charge in [-0.15, -0.1) is 0 Å². The molecule has 3 atom stereocenters. The predicted octanol–water partition coefficient (Wildman–Crippen LogP) is 2.91. The first-order valence-corrected chi connectivity index (χ1v) is 12.3. The number of fused-ring (bicyclic) bond motifs is 3. The molecule has 196 valence electrons. The number of nitrogens with zero attached hydrogens (tertiary/aromatic N) is 3. The number of halogens is 1. The van der Waals surface area contributed by atoms with Crippen LogP contribution in [-0.4, -0.2) is 65.8 Å². The highest BCUT2D eigenvalue weighted by atomic mass is 19.1. The Balaban J connectivity index is 1.34. The number of carbonyl (C=O) groups excluding carboxylic acids is 3. The molecule has 2 aromatic rings. The maximum atomic E-state index is 13.5. The third-order valence-corrected chi connectivity index (χ3v) is 7.20. The van der Waals surface area contributed by atoms with Crippen molar-refractivity contribution in [1.29, 1.82) is 0 Å².